The van der Waals surface area contributed by atoms with Gasteiger partial charge in [-0.05, 0) is 19.3 Å². The Hall–Kier alpha value is -1.24. The van der Waals surface area contributed by atoms with Crippen molar-refractivity contribution in [2.24, 2.45) is 0 Å². The summed E-state index contributed by atoms with van der Waals surface area (Å²) in [5.41, 5.74) is -0.0485. The minimum absolute atomic E-state index is 0.0485. The lowest BCUT2D eigenvalue weighted by atomic mass is 10.1. The Labute approximate surface area is 137 Å². The van der Waals surface area contributed by atoms with Crippen LogP contribution in [0.5, 0.6) is 0 Å². The lowest BCUT2D eigenvalue weighted by Crippen LogP contribution is -2.35. The Balaban J connectivity index is 2.10. The van der Waals surface area contributed by atoms with E-state index in [1.165, 1.54) is 12.2 Å². The number of hydrogen-bond donors (Lipinski definition) is 3. The zero-order valence-electron chi connectivity index (χ0n) is 12.1. The van der Waals surface area contributed by atoms with E-state index in [-0.39, 0.29) is 42.3 Å². The first kappa shape index (κ1) is 18.8. The normalized spacial score (nSPS) is 15.3. The second kappa shape index (κ2) is 9.71. The summed E-state index contributed by atoms with van der Waals surface area (Å²) >= 11 is 3.88. The Morgan fingerprint density at radius 3 is 2.41 bits per heavy atom. The lowest BCUT2D eigenvalue weighted by Gasteiger charge is -2.13. The lowest BCUT2D eigenvalue weighted by molar-refractivity contribution is -0.137. The van der Waals surface area contributed by atoms with Crippen LogP contribution in [0.3, 0.4) is 0 Å². The van der Waals surface area contributed by atoms with Crippen LogP contribution in [0, 0.1) is 0 Å². The molecular formula is C13H20N3O4PS. The average molecular weight is 345 g/mol. The monoisotopic (exact) mass is 345 g/mol. The molecule has 0 fully saturated rings. The molecule has 0 aliphatic carbocycles. The number of unbranched alkanes of at least 4 members (excludes halogenated alkanes) is 1. The molecule has 0 aromatic rings. The van der Waals surface area contributed by atoms with Gasteiger partial charge >= 0.3 is 0 Å². The van der Waals surface area contributed by atoms with E-state index in [1.807, 2.05) is 0 Å². The first-order valence-corrected chi connectivity index (χ1v) is 7.97. The molecule has 1 aliphatic rings. The summed E-state index contributed by atoms with van der Waals surface area (Å²) in [5, 5.41) is 2.72. The summed E-state index contributed by atoms with van der Waals surface area (Å²) in [6.45, 7) is 0.576. The SMILES string of the molecule is O=C(CCN1C(=O)C=CC1=O)NCCCCC(NS)C(=O)P. The minimum atomic E-state index is -0.384. The van der Waals surface area contributed by atoms with Gasteiger partial charge in [0.15, 0.2) is 5.52 Å². The fourth-order valence-electron chi connectivity index (χ4n) is 1.92. The maximum Gasteiger partial charge on any atom is 0.253 e. The highest BCUT2D eigenvalue weighted by atomic mass is 32.1. The summed E-state index contributed by atoms with van der Waals surface area (Å²) in [7, 11) is 2.11. The molecule has 1 heterocycles. The van der Waals surface area contributed by atoms with Gasteiger partial charge in [0.25, 0.3) is 11.8 Å². The van der Waals surface area contributed by atoms with Crippen LogP contribution in [0.25, 0.3) is 0 Å². The van der Waals surface area contributed by atoms with E-state index in [0.29, 0.717) is 13.0 Å². The van der Waals surface area contributed by atoms with Crippen molar-refractivity contribution in [3.8, 4) is 0 Å². The van der Waals surface area contributed by atoms with E-state index in [4.69, 9.17) is 0 Å². The molecule has 0 bridgehead atoms. The molecule has 0 aromatic heterocycles. The third kappa shape index (κ3) is 6.25. The second-order valence-electron chi connectivity index (χ2n) is 4.84. The number of carbonyl (C=O) groups is 4. The molecule has 3 amide bonds. The Morgan fingerprint density at radius 2 is 1.86 bits per heavy atom. The standard InChI is InChI=1S/C13H20N3O4PS/c17-10(6-8-16-11(18)4-5-12(16)19)14-7-2-1-3-9(15-22)13(20)21/h4-5,9,15,22H,1-3,6-8,21H2,(H,14,17). The summed E-state index contributed by atoms with van der Waals surface area (Å²) in [5.74, 6) is -0.978. The molecule has 1 aliphatic heterocycles. The number of imide groups is 1. The summed E-state index contributed by atoms with van der Waals surface area (Å²) in [6.07, 6.45) is 4.62. The zero-order valence-corrected chi connectivity index (χ0v) is 14.1. The number of amides is 3. The number of hydrogen-bond acceptors (Lipinski definition) is 6. The van der Waals surface area contributed by atoms with Crippen LogP contribution in [-0.4, -0.2) is 47.3 Å². The molecule has 0 spiro atoms. The molecule has 9 heteroatoms. The van der Waals surface area contributed by atoms with E-state index in [0.717, 1.165) is 17.7 Å². The predicted octanol–water partition coefficient (Wildman–Crippen LogP) is -0.207. The van der Waals surface area contributed by atoms with Gasteiger partial charge in [0.1, 0.15) is 0 Å². The maximum atomic E-state index is 11.6. The quantitative estimate of drug-likeness (QED) is 0.220. The number of nitrogens with one attached hydrogen (secondary N) is 2. The van der Waals surface area contributed by atoms with Crippen LogP contribution in [0.15, 0.2) is 12.2 Å². The highest BCUT2D eigenvalue weighted by Gasteiger charge is 2.23. The van der Waals surface area contributed by atoms with Gasteiger partial charge in [-0.3, -0.25) is 28.8 Å². The van der Waals surface area contributed by atoms with Gasteiger partial charge in [-0.2, -0.15) is 0 Å². The molecule has 0 radical (unpaired) electrons. The van der Waals surface area contributed by atoms with Crippen LogP contribution in [0.1, 0.15) is 25.7 Å². The molecule has 0 saturated carbocycles. The van der Waals surface area contributed by atoms with Crippen LogP contribution in [-0.2, 0) is 19.2 Å². The van der Waals surface area contributed by atoms with Crippen LogP contribution in [0.2, 0.25) is 0 Å². The van der Waals surface area contributed by atoms with E-state index in [9.17, 15) is 19.2 Å². The van der Waals surface area contributed by atoms with Crippen molar-refractivity contribution in [1.82, 2.24) is 14.9 Å². The van der Waals surface area contributed by atoms with Crippen molar-refractivity contribution in [2.75, 3.05) is 13.1 Å². The largest absolute Gasteiger partial charge is 0.356 e. The Kier molecular flexibility index (Phi) is 8.30. The first-order valence-electron chi connectivity index (χ1n) is 6.95. The molecule has 0 aromatic carbocycles. The summed E-state index contributed by atoms with van der Waals surface area (Å²) < 4.78 is 2.62. The third-order valence-electron chi connectivity index (χ3n) is 3.20. The van der Waals surface area contributed by atoms with Crippen LogP contribution in [0.4, 0.5) is 0 Å². The van der Waals surface area contributed by atoms with Gasteiger partial charge in [-0.15, -0.1) is 0 Å². The average Bonchev–Trinajstić information content (AvgIpc) is 2.79. The van der Waals surface area contributed by atoms with Crippen molar-refractivity contribution < 1.29 is 19.2 Å². The van der Waals surface area contributed by atoms with Crippen molar-refractivity contribution in [1.29, 1.82) is 0 Å². The van der Waals surface area contributed by atoms with Crippen molar-refractivity contribution in [3.63, 3.8) is 0 Å². The maximum absolute atomic E-state index is 11.6. The summed E-state index contributed by atoms with van der Waals surface area (Å²) in [6, 6.07) is -0.302. The molecule has 2 atom stereocenters. The van der Waals surface area contributed by atoms with Crippen molar-refractivity contribution >= 4 is 45.3 Å². The topological polar surface area (TPSA) is 95.6 Å². The number of thiol groups is 1. The molecule has 2 N–H and O–H groups in total. The van der Waals surface area contributed by atoms with E-state index in [1.54, 1.807) is 0 Å². The predicted molar refractivity (Wildman–Crippen MR) is 88.0 cm³/mol. The van der Waals surface area contributed by atoms with Crippen LogP contribution < -0.4 is 10.0 Å². The molecule has 2 unspecified atom stereocenters. The molecule has 1 rings (SSSR count). The van der Waals surface area contributed by atoms with Crippen molar-refractivity contribution in [3.05, 3.63) is 12.2 Å². The van der Waals surface area contributed by atoms with Gasteiger partial charge in [0.2, 0.25) is 5.91 Å². The van der Waals surface area contributed by atoms with Crippen LogP contribution >= 0.6 is 22.1 Å². The Bertz CT molecular complexity index is 466. The Morgan fingerprint density at radius 1 is 1.23 bits per heavy atom. The van der Waals surface area contributed by atoms with Gasteiger partial charge in [-0.25, -0.2) is 0 Å². The number of carbonyl (C=O) groups excluding carboxylic acids is 4. The zero-order chi connectivity index (χ0) is 16.5. The number of rotatable bonds is 10. The smallest absolute Gasteiger partial charge is 0.253 e. The van der Waals surface area contributed by atoms with Gasteiger partial charge in [-0.1, -0.05) is 22.1 Å². The highest BCUT2D eigenvalue weighted by molar-refractivity contribution is 7.78. The van der Waals surface area contributed by atoms with E-state index in [2.05, 4.69) is 32.1 Å². The molecule has 22 heavy (non-hydrogen) atoms. The molecular weight excluding hydrogens is 325 g/mol. The molecule has 7 nitrogen and oxygen atoms in total. The number of nitrogens with zero attached hydrogens (tertiary/aromatic N) is 1. The molecule has 122 valence electrons. The van der Waals surface area contributed by atoms with Gasteiger partial charge < -0.3 is 5.32 Å². The second-order valence-corrected chi connectivity index (χ2v) is 5.67. The van der Waals surface area contributed by atoms with Crippen molar-refractivity contribution in [2.45, 2.75) is 31.7 Å². The van der Waals surface area contributed by atoms with Gasteiger partial charge in [0.05, 0.1) is 6.04 Å². The summed E-state index contributed by atoms with van der Waals surface area (Å²) in [4.78, 5) is 46.4. The fourth-order valence-corrected chi connectivity index (χ4v) is 2.57. The first-order chi connectivity index (χ1) is 10.5. The minimum Gasteiger partial charge on any atom is -0.356 e. The van der Waals surface area contributed by atoms with Gasteiger partial charge in [0, 0.05) is 31.7 Å². The third-order valence-corrected chi connectivity index (χ3v) is 3.92. The fraction of sp³-hybridized carbons (Fsp3) is 0.538. The molecule has 0 saturated heterocycles. The van der Waals surface area contributed by atoms with E-state index < -0.39 is 0 Å². The van der Waals surface area contributed by atoms with E-state index >= 15 is 0 Å². The highest BCUT2D eigenvalue weighted by Crippen LogP contribution is 2.06.